The first-order valence-corrected chi connectivity index (χ1v) is 9.90. The van der Waals surface area contributed by atoms with Gasteiger partial charge in [0.15, 0.2) is 17.7 Å². The van der Waals surface area contributed by atoms with Crippen LogP contribution in [0.25, 0.3) is 0 Å². The van der Waals surface area contributed by atoms with Crippen molar-refractivity contribution in [3.05, 3.63) is 30.1 Å². The Kier molecular flexibility index (Phi) is 6.33. The van der Waals surface area contributed by atoms with Crippen LogP contribution in [0.4, 0.5) is 4.39 Å². The highest BCUT2D eigenvalue weighted by Crippen LogP contribution is 2.31. The Bertz CT molecular complexity index is 547. The van der Waals surface area contributed by atoms with Crippen molar-refractivity contribution in [3.63, 3.8) is 0 Å². The summed E-state index contributed by atoms with van der Waals surface area (Å²) in [4.78, 5) is 15.4. The van der Waals surface area contributed by atoms with Gasteiger partial charge in [0.1, 0.15) is 0 Å². The fourth-order valence-electron chi connectivity index (χ4n) is 4.37. The molecule has 0 radical (unpaired) electrons. The number of benzene rings is 1. The highest BCUT2D eigenvalue weighted by Gasteiger charge is 2.35. The number of carbonyl (C=O) groups is 1. The Balaban J connectivity index is 1.74. The third kappa shape index (κ3) is 4.53. The summed E-state index contributed by atoms with van der Waals surface area (Å²) in [7, 11) is 0. The highest BCUT2D eigenvalue weighted by molar-refractivity contribution is 5.81. The monoisotopic (exact) mass is 347 g/mol. The molecule has 1 atom stereocenters. The standard InChI is InChI=1S/C21H30FNO2/c1-16(25-20-15-9-8-14-19(20)22)21(24)23(17-10-4-2-5-11-17)18-12-6-3-7-13-18/h8-9,14-18H,2-7,10-13H2,1H3. The molecule has 0 saturated heterocycles. The molecule has 25 heavy (non-hydrogen) atoms. The van der Waals surface area contributed by atoms with Gasteiger partial charge in [0, 0.05) is 12.1 Å². The molecule has 138 valence electrons. The van der Waals surface area contributed by atoms with E-state index in [2.05, 4.69) is 4.90 Å². The van der Waals surface area contributed by atoms with Crippen LogP contribution >= 0.6 is 0 Å². The molecular formula is C21H30FNO2. The molecule has 4 heteroatoms. The minimum absolute atomic E-state index is 0.0297. The van der Waals surface area contributed by atoms with E-state index in [1.807, 2.05) is 0 Å². The van der Waals surface area contributed by atoms with E-state index in [1.165, 1.54) is 44.6 Å². The largest absolute Gasteiger partial charge is 0.478 e. The predicted molar refractivity (Wildman–Crippen MR) is 97.1 cm³/mol. The molecule has 2 aliphatic carbocycles. The number of ether oxygens (including phenoxy) is 1. The van der Waals surface area contributed by atoms with Crippen molar-refractivity contribution in [1.82, 2.24) is 4.90 Å². The molecule has 0 heterocycles. The topological polar surface area (TPSA) is 29.5 Å². The summed E-state index contributed by atoms with van der Waals surface area (Å²) < 4.78 is 19.6. The smallest absolute Gasteiger partial charge is 0.263 e. The Morgan fingerprint density at radius 2 is 1.52 bits per heavy atom. The van der Waals surface area contributed by atoms with Gasteiger partial charge in [-0.05, 0) is 44.7 Å². The lowest BCUT2D eigenvalue weighted by Crippen LogP contribution is -2.52. The number of para-hydroxylation sites is 1. The number of carbonyl (C=O) groups excluding carboxylic acids is 1. The van der Waals surface area contributed by atoms with Crippen LogP contribution in [0.1, 0.15) is 71.1 Å². The van der Waals surface area contributed by atoms with E-state index in [-0.39, 0.29) is 11.7 Å². The summed E-state index contributed by atoms with van der Waals surface area (Å²) >= 11 is 0. The maximum Gasteiger partial charge on any atom is 0.263 e. The SMILES string of the molecule is CC(Oc1ccccc1F)C(=O)N(C1CCCCC1)C1CCCCC1. The molecule has 2 fully saturated rings. The second-order valence-electron chi connectivity index (χ2n) is 7.52. The molecule has 1 unspecified atom stereocenters. The maximum atomic E-state index is 13.9. The summed E-state index contributed by atoms with van der Waals surface area (Å²) in [5.41, 5.74) is 0. The molecule has 1 aromatic rings. The zero-order chi connectivity index (χ0) is 17.6. The van der Waals surface area contributed by atoms with Crippen LogP contribution < -0.4 is 4.74 Å². The van der Waals surface area contributed by atoms with Gasteiger partial charge in [0.05, 0.1) is 0 Å². The van der Waals surface area contributed by atoms with E-state index in [0.717, 1.165) is 25.7 Å². The minimum atomic E-state index is -0.652. The van der Waals surface area contributed by atoms with Gasteiger partial charge >= 0.3 is 0 Å². The fraction of sp³-hybridized carbons (Fsp3) is 0.667. The average molecular weight is 347 g/mol. The number of nitrogens with zero attached hydrogens (tertiary/aromatic N) is 1. The third-order valence-electron chi connectivity index (χ3n) is 5.68. The second kappa shape index (κ2) is 8.68. The van der Waals surface area contributed by atoms with Gasteiger partial charge in [-0.3, -0.25) is 4.79 Å². The summed E-state index contributed by atoms with van der Waals surface area (Å²) in [6, 6.07) is 6.98. The van der Waals surface area contributed by atoms with E-state index in [1.54, 1.807) is 25.1 Å². The van der Waals surface area contributed by atoms with Crippen molar-refractivity contribution in [2.24, 2.45) is 0 Å². The van der Waals surface area contributed by atoms with Crippen LogP contribution in [0.3, 0.4) is 0 Å². The van der Waals surface area contributed by atoms with E-state index < -0.39 is 11.9 Å². The van der Waals surface area contributed by atoms with Crippen molar-refractivity contribution in [2.45, 2.75) is 89.3 Å². The first kappa shape index (κ1) is 18.2. The van der Waals surface area contributed by atoms with Gasteiger partial charge in [-0.15, -0.1) is 0 Å². The summed E-state index contributed by atoms with van der Waals surface area (Å²) in [6.07, 6.45) is 11.0. The first-order valence-electron chi connectivity index (χ1n) is 9.90. The maximum absolute atomic E-state index is 13.9. The third-order valence-corrected chi connectivity index (χ3v) is 5.68. The highest BCUT2D eigenvalue weighted by atomic mass is 19.1. The molecule has 0 aliphatic heterocycles. The number of amides is 1. The lowest BCUT2D eigenvalue weighted by Gasteiger charge is -2.42. The van der Waals surface area contributed by atoms with E-state index in [9.17, 15) is 9.18 Å². The van der Waals surface area contributed by atoms with Gasteiger partial charge in [-0.25, -0.2) is 4.39 Å². The summed E-state index contributed by atoms with van der Waals surface area (Å²) in [6.45, 7) is 1.76. The van der Waals surface area contributed by atoms with Crippen LogP contribution in [0.5, 0.6) is 5.75 Å². The molecule has 2 aliphatic rings. The van der Waals surface area contributed by atoms with Crippen LogP contribution in [0, 0.1) is 5.82 Å². The quantitative estimate of drug-likeness (QED) is 0.743. The fourth-order valence-corrected chi connectivity index (χ4v) is 4.37. The van der Waals surface area contributed by atoms with Gasteiger partial charge in [0.25, 0.3) is 5.91 Å². The molecule has 1 aromatic carbocycles. The predicted octanol–water partition coefficient (Wildman–Crippen LogP) is 5.09. The second-order valence-corrected chi connectivity index (χ2v) is 7.52. The van der Waals surface area contributed by atoms with Gasteiger partial charge in [-0.1, -0.05) is 50.7 Å². The Morgan fingerprint density at radius 3 is 2.04 bits per heavy atom. The van der Waals surface area contributed by atoms with Crippen LogP contribution in [-0.4, -0.2) is 29.0 Å². The number of rotatable bonds is 5. The van der Waals surface area contributed by atoms with Gasteiger partial charge in [-0.2, -0.15) is 0 Å². The van der Waals surface area contributed by atoms with E-state index in [0.29, 0.717) is 12.1 Å². The Labute approximate surface area is 150 Å². The van der Waals surface area contributed by atoms with Crippen LogP contribution in [0.15, 0.2) is 24.3 Å². The normalized spacial score (nSPS) is 20.9. The Hall–Kier alpha value is -1.58. The zero-order valence-electron chi connectivity index (χ0n) is 15.3. The first-order chi connectivity index (χ1) is 12.2. The molecule has 0 N–H and O–H groups in total. The van der Waals surface area contributed by atoms with Gasteiger partial charge in [0.2, 0.25) is 0 Å². The zero-order valence-corrected chi connectivity index (χ0v) is 15.3. The van der Waals surface area contributed by atoms with Gasteiger partial charge < -0.3 is 9.64 Å². The number of halogens is 1. The molecule has 1 amide bonds. The van der Waals surface area contributed by atoms with E-state index >= 15 is 0 Å². The van der Waals surface area contributed by atoms with Crippen LogP contribution in [-0.2, 0) is 4.79 Å². The van der Waals surface area contributed by atoms with Crippen molar-refractivity contribution in [1.29, 1.82) is 0 Å². The molecule has 2 saturated carbocycles. The van der Waals surface area contributed by atoms with Crippen molar-refractivity contribution >= 4 is 5.91 Å². The average Bonchev–Trinajstić information content (AvgIpc) is 2.65. The molecule has 0 aromatic heterocycles. The van der Waals surface area contributed by atoms with Crippen molar-refractivity contribution < 1.29 is 13.9 Å². The summed E-state index contributed by atoms with van der Waals surface area (Å²) in [5.74, 6) is -0.221. The molecular weight excluding hydrogens is 317 g/mol. The molecule has 3 nitrogen and oxygen atoms in total. The van der Waals surface area contributed by atoms with E-state index in [4.69, 9.17) is 4.74 Å². The van der Waals surface area contributed by atoms with Crippen molar-refractivity contribution in [2.75, 3.05) is 0 Å². The molecule has 0 spiro atoms. The molecule has 3 rings (SSSR count). The molecule has 0 bridgehead atoms. The lowest BCUT2D eigenvalue weighted by atomic mass is 9.88. The lowest BCUT2D eigenvalue weighted by molar-refractivity contribution is -0.145. The minimum Gasteiger partial charge on any atom is -0.478 e. The number of hydrogen-bond acceptors (Lipinski definition) is 2. The Morgan fingerprint density at radius 1 is 1.00 bits per heavy atom. The number of hydrogen-bond donors (Lipinski definition) is 0. The van der Waals surface area contributed by atoms with Crippen LogP contribution in [0.2, 0.25) is 0 Å². The summed E-state index contributed by atoms with van der Waals surface area (Å²) in [5, 5.41) is 0. The van der Waals surface area contributed by atoms with Crippen molar-refractivity contribution in [3.8, 4) is 5.75 Å².